The Morgan fingerprint density at radius 2 is 2.26 bits per heavy atom. The van der Waals surface area contributed by atoms with Gasteiger partial charge in [-0.15, -0.1) is 11.3 Å². The van der Waals surface area contributed by atoms with Gasteiger partial charge in [-0.3, -0.25) is 4.79 Å². The van der Waals surface area contributed by atoms with Crippen molar-refractivity contribution in [3.8, 4) is 5.75 Å². The molecule has 2 saturated heterocycles. The maximum atomic E-state index is 12.7. The van der Waals surface area contributed by atoms with Crippen LogP contribution in [0.15, 0.2) is 9.85 Å². The Hall–Kier alpha value is -0.590. The quantitative estimate of drug-likeness (QED) is 0.896. The second kappa shape index (κ2) is 5.42. The normalized spacial score (nSPS) is 26.3. The molecular weight excluding hydrogens is 328 g/mol. The van der Waals surface area contributed by atoms with Crippen LogP contribution in [0.3, 0.4) is 0 Å². The van der Waals surface area contributed by atoms with E-state index in [4.69, 9.17) is 4.74 Å². The molecule has 4 nitrogen and oxygen atoms in total. The highest BCUT2D eigenvalue weighted by Crippen LogP contribution is 2.37. The number of amides is 1. The molecule has 0 aliphatic carbocycles. The van der Waals surface area contributed by atoms with Crippen LogP contribution in [0, 0.1) is 0 Å². The maximum absolute atomic E-state index is 12.7. The van der Waals surface area contributed by atoms with Crippen molar-refractivity contribution in [2.24, 2.45) is 0 Å². The van der Waals surface area contributed by atoms with Crippen molar-refractivity contribution >= 4 is 33.2 Å². The van der Waals surface area contributed by atoms with Gasteiger partial charge < -0.3 is 15.0 Å². The number of fused-ring (bicyclic) bond motifs is 2. The summed E-state index contributed by atoms with van der Waals surface area (Å²) in [5.41, 5.74) is 0. The van der Waals surface area contributed by atoms with Crippen LogP contribution in [-0.4, -0.2) is 43.1 Å². The predicted molar refractivity (Wildman–Crippen MR) is 79.0 cm³/mol. The first kappa shape index (κ1) is 13.4. The summed E-state index contributed by atoms with van der Waals surface area (Å²) in [7, 11) is 1.63. The highest BCUT2D eigenvalue weighted by atomic mass is 79.9. The molecule has 0 saturated carbocycles. The Kier molecular flexibility index (Phi) is 3.82. The van der Waals surface area contributed by atoms with Gasteiger partial charge >= 0.3 is 0 Å². The number of hydrogen-bond donors (Lipinski definition) is 1. The third-order valence-electron chi connectivity index (χ3n) is 3.97. The van der Waals surface area contributed by atoms with Crippen LogP contribution in [0.5, 0.6) is 5.75 Å². The summed E-state index contributed by atoms with van der Waals surface area (Å²) < 4.78 is 6.13. The minimum Gasteiger partial charge on any atom is -0.495 e. The van der Waals surface area contributed by atoms with Crippen molar-refractivity contribution in [1.82, 2.24) is 10.2 Å². The van der Waals surface area contributed by atoms with E-state index in [1.54, 1.807) is 7.11 Å². The lowest BCUT2D eigenvalue weighted by atomic mass is 10.1. The predicted octanol–water partition coefficient (Wildman–Crippen LogP) is 2.49. The molecule has 0 radical (unpaired) electrons. The molecule has 3 heterocycles. The summed E-state index contributed by atoms with van der Waals surface area (Å²) in [6.45, 7) is 1.94. The van der Waals surface area contributed by atoms with Gasteiger partial charge in [0.25, 0.3) is 5.91 Å². The lowest BCUT2D eigenvalue weighted by Gasteiger charge is -2.27. The molecule has 1 aromatic heterocycles. The number of nitrogens with zero attached hydrogens (tertiary/aromatic N) is 1. The largest absolute Gasteiger partial charge is 0.495 e. The summed E-state index contributed by atoms with van der Waals surface area (Å²) in [5.74, 6) is 0.902. The van der Waals surface area contributed by atoms with Gasteiger partial charge in [-0.2, -0.15) is 0 Å². The van der Waals surface area contributed by atoms with Crippen LogP contribution in [0.4, 0.5) is 0 Å². The SMILES string of the molecule is COc1cc(C(=O)N2C3CCNCC2CC3)sc1Br. The second-order valence-electron chi connectivity index (χ2n) is 5.04. The fraction of sp³-hybridized carbons (Fsp3) is 0.615. The Balaban J connectivity index is 1.86. The van der Waals surface area contributed by atoms with Gasteiger partial charge in [-0.25, -0.2) is 0 Å². The minimum atomic E-state index is 0.158. The van der Waals surface area contributed by atoms with E-state index >= 15 is 0 Å². The van der Waals surface area contributed by atoms with Crippen LogP contribution in [0.1, 0.15) is 28.9 Å². The topological polar surface area (TPSA) is 41.6 Å². The number of hydrogen-bond acceptors (Lipinski definition) is 4. The van der Waals surface area contributed by atoms with Gasteiger partial charge in [-0.05, 0) is 41.7 Å². The van der Waals surface area contributed by atoms with E-state index in [0.29, 0.717) is 12.1 Å². The van der Waals surface area contributed by atoms with E-state index in [-0.39, 0.29) is 5.91 Å². The van der Waals surface area contributed by atoms with Crippen molar-refractivity contribution in [2.75, 3.05) is 20.2 Å². The van der Waals surface area contributed by atoms with Gasteiger partial charge in [0.15, 0.2) is 0 Å². The molecule has 0 spiro atoms. The minimum absolute atomic E-state index is 0.158. The monoisotopic (exact) mass is 344 g/mol. The van der Waals surface area contributed by atoms with Crippen LogP contribution in [-0.2, 0) is 0 Å². The molecule has 1 aromatic rings. The molecule has 1 N–H and O–H groups in total. The standard InChI is InChI=1S/C13H17BrN2O2S/c1-18-10-6-11(19-12(10)14)13(17)16-8-2-3-9(16)7-15-5-4-8/h6,8-9,15H,2-5,7H2,1H3. The van der Waals surface area contributed by atoms with Crippen LogP contribution in [0.2, 0.25) is 0 Å². The van der Waals surface area contributed by atoms with Crippen LogP contribution >= 0.6 is 27.3 Å². The molecule has 19 heavy (non-hydrogen) atoms. The molecule has 1 amide bonds. The summed E-state index contributed by atoms with van der Waals surface area (Å²) in [4.78, 5) is 15.6. The van der Waals surface area contributed by atoms with E-state index in [1.807, 2.05) is 6.07 Å². The summed E-state index contributed by atoms with van der Waals surface area (Å²) in [5, 5.41) is 3.42. The van der Waals surface area contributed by atoms with Gasteiger partial charge in [0.2, 0.25) is 0 Å². The van der Waals surface area contributed by atoms with E-state index in [1.165, 1.54) is 11.3 Å². The van der Waals surface area contributed by atoms with Crippen molar-refractivity contribution in [2.45, 2.75) is 31.3 Å². The Bertz CT molecular complexity index is 477. The molecule has 2 unspecified atom stereocenters. The van der Waals surface area contributed by atoms with Crippen molar-refractivity contribution < 1.29 is 9.53 Å². The molecule has 2 aliphatic rings. The number of thiophene rings is 1. The first-order valence-electron chi connectivity index (χ1n) is 6.57. The highest BCUT2D eigenvalue weighted by molar-refractivity contribution is 9.11. The molecule has 0 aromatic carbocycles. The van der Waals surface area contributed by atoms with Gasteiger partial charge in [0, 0.05) is 24.7 Å². The second-order valence-corrected chi connectivity index (χ2v) is 7.41. The summed E-state index contributed by atoms with van der Waals surface area (Å²) in [6, 6.07) is 2.60. The van der Waals surface area contributed by atoms with E-state index in [0.717, 1.165) is 46.8 Å². The van der Waals surface area contributed by atoms with Crippen LogP contribution in [0.25, 0.3) is 0 Å². The molecular formula is C13H17BrN2O2S. The van der Waals surface area contributed by atoms with Gasteiger partial charge in [0.05, 0.1) is 12.0 Å². The zero-order valence-electron chi connectivity index (χ0n) is 10.8. The van der Waals surface area contributed by atoms with E-state index < -0.39 is 0 Å². The first-order valence-corrected chi connectivity index (χ1v) is 8.18. The van der Waals surface area contributed by atoms with E-state index in [9.17, 15) is 4.79 Å². The molecule has 3 rings (SSSR count). The molecule has 104 valence electrons. The lowest BCUT2D eigenvalue weighted by molar-refractivity contribution is 0.0685. The summed E-state index contributed by atoms with van der Waals surface area (Å²) in [6.07, 6.45) is 3.32. The van der Waals surface area contributed by atoms with Gasteiger partial charge in [0.1, 0.15) is 9.54 Å². The van der Waals surface area contributed by atoms with Gasteiger partial charge in [-0.1, -0.05) is 0 Å². The Morgan fingerprint density at radius 3 is 3.00 bits per heavy atom. The fourth-order valence-electron chi connectivity index (χ4n) is 3.04. The highest BCUT2D eigenvalue weighted by Gasteiger charge is 2.38. The van der Waals surface area contributed by atoms with Crippen molar-refractivity contribution in [1.29, 1.82) is 0 Å². The number of ether oxygens (including phenoxy) is 1. The Morgan fingerprint density at radius 1 is 1.47 bits per heavy atom. The summed E-state index contributed by atoms with van der Waals surface area (Å²) >= 11 is 4.90. The molecule has 6 heteroatoms. The number of rotatable bonds is 2. The number of carbonyl (C=O) groups is 1. The fourth-order valence-corrected chi connectivity index (χ4v) is 4.63. The third kappa shape index (κ3) is 2.41. The zero-order valence-corrected chi connectivity index (χ0v) is 13.2. The maximum Gasteiger partial charge on any atom is 0.264 e. The molecule has 2 aliphatic heterocycles. The van der Waals surface area contributed by atoms with Crippen LogP contribution < -0.4 is 10.1 Å². The third-order valence-corrected chi connectivity index (χ3v) is 5.74. The number of nitrogens with one attached hydrogen (secondary N) is 1. The first-order chi connectivity index (χ1) is 9.20. The number of carbonyl (C=O) groups excluding carboxylic acids is 1. The molecule has 2 fully saturated rings. The Labute approximate surface area is 125 Å². The number of halogens is 1. The lowest BCUT2D eigenvalue weighted by Crippen LogP contribution is -2.42. The zero-order chi connectivity index (χ0) is 13.4. The average Bonchev–Trinajstić information content (AvgIpc) is 2.88. The van der Waals surface area contributed by atoms with Crippen molar-refractivity contribution in [3.63, 3.8) is 0 Å². The van der Waals surface area contributed by atoms with E-state index in [2.05, 4.69) is 26.1 Å². The number of methoxy groups -OCH3 is 1. The van der Waals surface area contributed by atoms with Crippen molar-refractivity contribution in [3.05, 3.63) is 14.7 Å². The smallest absolute Gasteiger partial charge is 0.264 e. The molecule has 2 bridgehead atoms. The molecule has 2 atom stereocenters. The average molecular weight is 345 g/mol.